The van der Waals surface area contributed by atoms with Gasteiger partial charge < -0.3 is 47.8 Å². The molecule has 0 bridgehead atoms. The standard InChI is InChI=1S/C23H35N5O9/c1-12(29)19(25)22(35)27-16(11-18(31)32)21(34)26-15(4-2-3-9-24)20(33)28-17(23(36)37)10-13-5-7-14(30)8-6-13/h5-8,12,15-17,19,29-30H,2-4,9-11,24-25H2,1H3,(H,26,34)(H,27,35)(H,28,33)(H,31,32)(H,36,37). The second kappa shape index (κ2) is 15.4. The molecule has 14 nitrogen and oxygen atoms in total. The van der Waals surface area contributed by atoms with Gasteiger partial charge in [-0.05, 0) is 50.4 Å². The Labute approximate surface area is 213 Å². The minimum absolute atomic E-state index is 0.0141. The Kier molecular flexibility index (Phi) is 13.0. The Morgan fingerprint density at radius 2 is 1.41 bits per heavy atom. The molecule has 37 heavy (non-hydrogen) atoms. The van der Waals surface area contributed by atoms with Crippen LogP contribution in [-0.2, 0) is 30.4 Å². The van der Waals surface area contributed by atoms with Crippen molar-refractivity contribution < 1.29 is 44.4 Å². The SMILES string of the molecule is CC(O)C(N)C(=O)NC(CC(=O)O)C(=O)NC(CCCCN)C(=O)NC(Cc1ccc(O)cc1)C(=O)O. The summed E-state index contributed by atoms with van der Waals surface area (Å²) in [7, 11) is 0. The Bertz CT molecular complexity index is 939. The van der Waals surface area contributed by atoms with Gasteiger partial charge in [0.1, 0.15) is 29.9 Å². The lowest BCUT2D eigenvalue weighted by Gasteiger charge is -2.25. The number of unbranched alkanes of at least 4 members (excludes halogenated alkanes) is 1. The maximum atomic E-state index is 13.0. The number of phenols is 1. The third-order valence-corrected chi connectivity index (χ3v) is 5.40. The van der Waals surface area contributed by atoms with Crippen molar-refractivity contribution in [1.29, 1.82) is 0 Å². The summed E-state index contributed by atoms with van der Waals surface area (Å²) in [6.45, 7) is 1.54. The first-order valence-electron chi connectivity index (χ1n) is 11.6. The maximum Gasteiger partial charge on any atom is 0.326 e. The number of hydrogen-bond acceptors (Lipinski definition) is 9. The van der Waals surface area contributed by atoms with E-state index in [1.165, 1.54) is 31.2 Å². The van der Waals surface area contributed by atoms with Gasteiger partial charge in [-0.2, -0.15) is 0 Å². The average Bonchev–Trinajstić information content (AvgIpc) is 2.82. The van der Waals surface area contributed by atoms with Crippen LogP contribution in [0.2, 0.25) is 0 Å². The van der Waals surface area contributed by atoms with Crippen LogP contribution in [0.1, 0.15) is 38.2 Å². The minimum atomic E-state index is -1.62. The summed E-state index contributed by atoms with van der Waals surface area (Å²) in [5, 5.41) is 44.5. The van der Waals surface area contributed by atoms with Crippen LogP contribution >= 0.6 is 0 Å². The van der Waals surface area contributed by atoms with Gasteiger partial charge in [0.05, 0.1) is 12.5 Å². The predicted molar refractivity (Wildman–Crippen MR) is 130 cm³/mol. The molecule has 1 aromatic rings. The number of aromatic hydroxyl groups is 1. The van der Waals surface area contributed by atoms with Crippen LogP contribution < -0.4 is 27.4 Å². The van der Waals surface area contributed by atoms with Crippen molar-refractivity contribution >= 4 is 29.7 Å². The van der Waals surface area contributed by atoms with Gasteiger partial charge in [0, 0.05) is 6.42 Å². The summed E-state index contributed by atoms with van der Waals surface area (Å²) in [4.78, 5) is 61.0. The zero-order valence-corrected chi connectivity index (χ0v) is 20.4. The molecule has 0 heterocycles. The number of amides is 3. The molecule has 0 spiro atoms. The molecule has 5 atom stereocenters. The lowest BCUT2D eigenvalue weighted by molar-refractivity contribution is -0.143. The van der Waals surface area contributed by atoms with Crippen LogP contribution in [0.3, 0.4) is 0 Å². The minimum Gasteiger partial charge on any atom is -0.508 e. The van der Waals surface area contributed by atoms with Crippen molar-refractivity contribution in [3.05, 3.63) is 29.8 Å². The molecule has 0 saturated heterocycles. The van der Waals surface area contributed by atoms with E-state index in [0.717, 1.165) is 0 Å². The van der Waals surface area contributed by atoms with Crippen molar-refractivity contribution in [2.75, 3.05) is 6.54 Å². The number of aliphatic hydroxyl groups is 1. The molecule has 0 fully saturated rings. The monoisotopic (exact) mass is 525 g/mol. The summed E-state index contributed by atoms with van der Waals surface area (Å²) in [6, 6.07) is 0.0440. The van der Waals surface area contributed by atoms with Crippen LogP contribution in [-0.4, -0.2) is 86.9 Å². The Balaban J connectivity index is 3.04. The number of rotatable bonds is 16. The topological polar surface area (TPSA) is 254 Å². The van der Waals surface area contributed by atoms with E-state index in [1.807, 2.05) is 0 Å². The lowest BCUT2D eigenvalue weighted by atomic mass is 10.0. The summed E-state index contributed by atoms with van der Waals surface area (Å²) in [6.07, 6.45) is -1.28. The van der Waals surface area contributed by atoms with Crippen LogP contribution in [0.5, 0.6) is 5.75 Å². The molecular formula is C23H35N5O9. The number of aliphatic hydroxyl groups excluding tert-OH is 1. The van der Waals surface area contributed by atoms with Gasteiger partial charge in [0.15, 0.2) is 0 Å². The summed E-state index contributed by atoms with van der Waals surface area (Å²) >= 11 is 0. The van der Waals surface area contributed by atoms with Crippen LogP contribution in [0, 0.1) is 0 Å². The second-order valence-corrected chi connectivity index (χ2v) is 8.54. The molecule has 0 aliphatic heterocycles. The Hall–Kier alpha value is -3.75. The van der Waals surface area contributed by atoms with E-state index in [4.69, 9.17) is 16.6 Å². The van der Waals surface area contributed by atoms with Crippen molar-refractivity contribution in [3.8, 4) is 5.75 Å². The smallest absolute Gasteiger partial charge is 0.326 e. The van der Waals surface area contributed by atoms with E-state index in [9.17, 15) is 39.3 Å². The third-order valence-electron chi connectivity index (χ3n) is 5.40. The van der Waals surface area contributed by atoms with Crippen LogP contribution in [0.15, 0.2) is 24.3 Å². The molecule has 14 heteroatoms. The van der Waals surface area contributed by atoms with E-state index in [1.54, 1.807) is 0 Å². The zero-order valence-electron chi connectivity index (χ0n) is 20.4. The molecule has 0 aromatic heterocycles. The molecule has 0 aliphatic rings. The number of benzene rings is 1. The highest BCUT2D eigenvalue weighted by molar-refractivity contribution is 5.95. The van der Waals surface area contributed by atoms with Crippen molar-refractivity contribution in [2.45, 2.75) is 69.3 Å². The van der Waals surface area contributed by atoms with E-state index in [-0.39, 0.29) is 18.6 Å². The predicted octanol–water partition coefficient (Wildman–Crippen LogP) is -2.21. The number of phenolic OH excluding ortho intramolecular Hbond substituents is 1. The maximum absolute atomic E-state index is 13.0. The summed E-state index contributed by atoms with van der Waals surface area (Å²) in [5.74, 6) is -5.59. The summed E-state index contributed by atoms with van der Waals surface area (Å²) in [5.41, 5.74) is 11.6. The van der Waals surface area contributed by atoms with E-state index in [0.29, 0.717) is 24.9 Å². The first-order chi connectivity index (χ1) is 17.3. The number of nitrogens with one attached hydrogen (secondary N) is 3. The highest BCUT2D eigenvalue weighted by Gasteiger charge is 2.32. The van der Waals surface area contributed by atoms with Crippen LogP contribution in [0.25, 0.3) is 0 Å². The fourth-order valence-corrected chi connectivity index (χ4v) is 3.24. The third kappa shape index (κ3) is 11.2. The highest BCUT2D eigenvalue weighted by atomic mass is 16.4. The van der Waals surface area contributed by atoms with E-state index in [2.05, 4.69) is 16.0 Å². The summed E-state index contributed by atoms with van der Waals surface area (Å²) < 4.78 is 0. The number of carbonyl (C=O) groups excluding carboxylic acids is 3. The van der Waals surface area contributed by atoms with Crippen LogP contribution in [0.4, 0.5) is 0 Å². The molecule has 206 valence electrons. The van der Waals surface area contributed by atoms with Gasteiger partial charge in [-0.25, -0.2) is 4.79 Å². The second-order valence-electron chi connectivity index (χ2n) is 8.54. The quantitative estimate of drug-likeness (QED) is 0.104. The van der Waals surface area contributed by atoms with E-state index >= 15 is 0 Å². The largest absolute Gasteiger partial charge is 0.508 e. The fraction of sp³-hybridized carbons (Fsp3) is 0.522. The Morgan fingerprint density at radius 1 is 0.865 bits per heavy atom. The van der Waals surface area contributed by atoms with Crippen molar-refractivity contribution in [3.63, 3.8) is 0 Å². The molecule has 3 amide bonds. The molecule has 0 saturated carbocycles. The van der Waals surface area contributed by atoms with Gasteiger partial charge in [-0.3, -0.25) is 19.2 Å². The molecule has 1 aromatic carbocycles. The molecule has 0 radical (unpaired) electrons. The van der Waals surface area contributed by atoms with Gasteiger partial charge in [-0.1, -0.05) is 12.1 Å². The Morgan fingerprint density at radius 3 is 1.92 bits per heavy atom. The van der Waals surface area contributed by atoms with Crippen molar-refractivity contribution in [2.24, 2.45) is 11.5 Å². The molecule has 0 aliphatic carbocycles. The number of carbonyl (C=O) groups is 5. The average molecular weight is 526 g/mol. The van der Waals surface area contributed by atoms with E-state index < -0.39 is 66.4 Å². The number of hydrogen-bond donors (Lipinski definition) is 9. The number of nitrogens with two attached hydrogens (primary N) is 2. The molecule has 11 N–H and O–H groups in total. The van der Waals surface area contributed by atoms with Gasteiger partial charge in [0.25, 0.3) is 0 Å². The lowest BCUT2D eigenvalue weighted by Crippen LogP contribution is -2.58. The number of aliphatic carboxylic acids is 2. The molecule has 1 rings (SSSR count). The number of carboxylic acid groups (broad SMARTS) is 2. The normalized spacial score (nSPS) is 14.9. The van der Waals surface area contributed by atoms with Gasteiger partial charge in [0.2, 0.25) is 17.7 Å². The van der Waals surface area contributed by atoms with Crippen molar-refractivity contribution in [1.82, 2.24) is 16.0 Å². The first-order valence-corrected chi connectivity index (χ1v) is 11.6. The fourth-order valence-electron chi connectivity index (χ4n) is 3.24. The highest BCUT2D eigenvalue weighted by Crippen LogP contribution is 2.12. The molecule has 5 unspecified atom stereocenters. The molecular weight excluding hydrogens is 490 g/mol. The first kappa shape index (κ1) is 31.3. The van der Waals surface area contributed by atoms with Gasteiger partial charge >= 0.3 is 11.9 Å². The number of carboxylic acids is 2. The zero-order chi connectivity index (χ0) is 28.1. The van der Waals surface area contributed by atoms with Gasteiger partial charge in [-0.15, -0.1) is 0 Å².